The Morgan fingerprint density at radius 2 is 1.90 bits per heavy atom. The van der Waals surface area contributed by atoms with E-state index in [1.54, 1.807) is 18.3 Å². The first-order valence-electron chi connectivity index (χ1n) is 7.03. The maximum absolute atomic E-state index is 12.4. The molecule has 1 aliphatic heterocycles. The van der Waals surface area contributed by atoms with Gasteiger partial charge in [-0.3, -0.25) is 4.79 Å². The summed E-state index contributed by atoms with van der Waals surface area (Å²) < 4.78 is 0. The lowest BCUT2D eigenvalue weighted by atomic mass is 10.1. The number of amides is 1. The van der Waals surface area contributed by atoms with E-state index in [0.717, 1.165) is 36.5 Å². The number of carbonyl (C=O) groups excluding carboxylic acids is 1. The zero-order valence-corrected chi connectivity index (χ0v) is 12.4. The fraction of sp³-hybridized carbons (Fsp3) is 0.312. The average molecular weight is 297 g/mol. The second-order valence-corrected chi connectivity index (χ2v) is 6.10. The molecule has 0 atom stereocenters. The standard InChI is InChI=1S/C16H15N3OS/c17-10-12-4-6-13(7-5-12)15-18-11-14(21-15)16(20)19-8-2-1-3-9-19/h4-7,11H,1-3,8-9H2. The summed E-state index contributed by atoms with van der Waals surface area (Å²) in [4.78, 5) is 19.4. The molecule has 0 aliphatic carbocycles. The Balaban J connectivity index is 1.79. The normalized spacial score (nSPS) is 14.7. The summed E-state index contributed by atoms with van der Waals surface area (Å²) in [6.07, 6.45) is 5.05. The van der Waals surface area contributed by atoms with Crippen molar-refractivity contribution in [3.8, 4) is 16.6 Å². The van der Waals surface area contributed by atoms with E-state index in [0.29, 0.717) is 10.4 Å². The molecule has 0 saturated carbocycles. The molecule has 4 nitrogen and oxygen atoms in total. The summed E-state index contributed by atoms with van der Waals surface area (Å²) >= 11 is 1.42. The first kappa shape index (κ1) is 13.8. The van der Waals surface area contributed by atoms with Crippen LogP contribution in [-0.2, 0) is 0 Å². The molecule has 1 aliphatic rings. The molecule has 0 N–H and O–H groups in total. The lowest BCUT2D eigenvalue weighted by Crippen LogP contribution is -2.35. The Hall–Kier alpha value is -2.19. The van der Waals surface area contributed by atoms with Crippen LogP contribution in [0.2, 0.25) is 0 Å². The van der Waals surface area contributed by atoms with Gasteiger partial charge < -0.3 is 4.90 Å². The Morgan fingerprint density at radius 1 is 1.19 bits per heavy atom. The molecule has 0 unspecified atom stereocenters. The Morgan fingerprint density at radius 3 is 2.57 bits per heavy atom. The number of hydrogen-bond donors (Lipinski definition) is 0. The van der Waals surface area contributed by atoms with Gasteiger partial charge in [0, 0.05) is 18.7 Å². The summed E-state index contributed by atoms with van der Waals surface area (Å²) in [5, 5.41) is 9.63. The molecule has 1 saturated heterocycles. The van der Waals surface area contributed by atoms with Crippen LogP contribution < -0.4 is 0 Å². The molecule has 0 bridgehead atoms. The predicted molar refractivity (Wildman–Crippen MR) is 82.0 cm³/mol. The molecule has 1 amide bonds. The fourth-order valence-corrected chi connectivity index (χ4v) is 3.34. The molecule has 1 fully saturated rings. The molecule has 106 valence electrons. The summed E-state index contributed by atoms with van der Waals surface area (Å²) in [6, 6.07) is 9.36. The van der Waals surface area contributed by atoms with Gasteiger partial charge in [0.25, 0.3) is 5.91 Å². The Bertz CT molecular complexity index is 678. The van der Waals surface area contributed by atoms with E-state index in [2.05, 4.69) is 11.1 Å². The van der Waals surface area contributed by atoms with Gasteiger partial charge >= 0.3 is 0 Å². The lowest BCUT2D eigenvalue weighted by molar-refractivity contribution is 0.0729. The third-order valence-electron chi connectivity index (χ3n) is 3.62. The summed E-state index contributed by atoms with van der Waals surface area (Å²) in [5.41, 5.74) is 1.57. The number of likely N-dealkylation sites (tertiary alicyclic amines) is 1. The van der Waals surface area contributed by atoms with Gasteiger partial charge in [0.1, 0.15) is 9.88 Å². The number of aromatic nitrogens is 1. The molecule has 2 heterocycles. The van der Waals surface area contributed by atoms with Gasteiger partial charge in [0.2, 0.25) is 0 Å². The number of nitrogens with zero attached hydrogens (tertiary/aromatic N) is 3. The summed E-state index contributed by atoms with van der Waals surface area (Å²) in [5.74, 6) is 0.0899. The van der Waals surface area contributed by atoms with E-state index < -0.39 is 0 Å². The smallest absolute Gasteiger partial charge is 0.265 e. The molecule has 1 aromatic carbocycles. The summed E-state index contributed by atoms with van der Waals surface area (Å²) in [6.45, 7) is 1.70. The molecule has 0 spiro atoms. The van der Waals surface area contributed by atoms with Crippen molar-refractivity contribution in [1.29, 1.82) is 5.26 Å². The second-order valence-electron chi connectivity index (χ2n) is 5.07. The van der Waals surface area contributed by atoms with Crippen molar-refractivity contribution < 1.29 is 4.79 Å². The predicted octanol–water partition coefficient (Wildman–Crippen LogP) is 3.31. The molecule has 21 heavy (non-hydrogen) atoms. The Labute approximate surface area is 127 Å². The quantitative estimate of drug-likeness (QED) is 0.854. The zero-order chi connectivity index (χ0) is 14.7. The van der Waals surface area contributed by atoms with E-state index in [9.17, 15) is 4.79 Å². The molecule has 0 radical (unpaired) electrons. The van der Waals surface area contributed by atoms with Gasteiger partial charge in [-0.05, 0) is 31.4 Å². The van der Waals surface area contributed by atoms with Crippen molar-refractivity contribution in [1.82, 2.24) is 9.88 Å². The molecule has 5 heteroatoms. The van der Waals surface area contributed by atoms with Gasteiger partial charge in [-0.1, -0.05) is 12.1 Å². The topological polar surface area (TPSA) is 57.0 Å². The number of rotatable bonds is 2. The number of carbonyl (C=O) groups is 1. The van der Waals surface area contributed by atoms with Crippen LogP contribution in [0.5, 0.6) is 0 Å². The zero-order valence-electron chi connectivity index (χ0n) is 11.6. The van der Waals surface area contributed by atoms with E-state index in [-0.39, 0.29) is 5.91 Å². The van der Waals surface area contributed by atoms with Crippen molar-refractivity contribution in [3.63, 3.8) is 0 Å². The fourth-order valence-electron chi connectivity index (χ4n) is 2.45. The van der Waals surface area contributed by atoms with Crippen LogP contribution in [0.3, 0.4) is 0 Å². The lowest BCUT2D eigenvalue weighted by Gasteiger charge is -2.25. The van der Waals surface area contributed by atoms with Crippen molar-refractivity contribution in [2.75, 3.05) is 13.1 Å². The van der Waals surface area contributed by atoms with Gasteiger partial charge in [-0.15, -0.1) is 11.3 Å². The van der Waals surface area contributed by atoms with Crippen molar-refractivity contribution in [2.45, 2.75) is 19.3 Å². The van der Waals surface area contributed by atoms with Crippen LogP contribution in [0, 0.1) is 11.3 Å². The third kappa shape index (κ3) is 2.96. The van der Waals surface area contributed by atoms with Crippen LogP contribution in [-0.4, -0.2) is 28.9 Å². The highest BCUT2D eigenvalue weighted by Gasteiger charge is 2.20. The van der Waals surface area contributed by atoms with Gasteiger partial charge in [-0.25, -0.2) is 4.98 Å². The van der Waals surface area contributed by atoms with Crippen molar-refractivity contribution >= 4 is 17.2 Å². The number of thiazole rings is 1. The molecular formula is C16H15N3OS. The first-order valence-corrected chi connectivity index (χ1v) is 7.85. The minimum absolute atomic E-state index is 0.0899. The minimum Gasteiger partial charge on any atom is -0.338 e. The van der Waals surface area contributed by atoms with Crippen molar-refractivity contribution in [2.24, 2.45) is 0 Å². The molecular weight excluding hydrogens is 282 g/mol. The van der Waals surface area contributed by atoms with Crippen LogP contribution >= 0.6 is 11.3 Å². The van der Waals surface area contributed by atoms with E-state index >= 15 is 0 Å². The molecule has 1 aromatic heterocycles. The van der Waals surface area contributed by atoms with E-state index in [1.807, 2.05) is 17.0 Å². The van der Waals surface area contributed by atoms with Crippen LogP contribution in [0.1, 0.15) is 34.5 Å². The molecule has 2 aromatic rings. The maximum atomic E-state index is 12.4. The summed E-state index contributed by atoms with van der Waals surface area (Å²) in [7, 11) is 0. The monoisotopic (exact) mass is 297 g/mol. The van der Waals surface area contributed by atoms with Crippen LogP contribution in [0.15, 0.2) is 30.5 Å². The van der Waals surface area contributed by atoms with Gasteiger partial charge in [0.15, 0.2) is 0 Å². The van der Waals surface area contributed by atoms with Crippen molar-refractivity contribution in [3.05, 3.63) is 40.9 Å². The van der Waals surface area contributed by atoms with Crippen LogP contribution in [0.25, 0.3) is 10.6 Å². The maximum Gasteiger partial charge on any atom is 0.265 e. The number of hydrogen-bond acceptors (Lipinski definition) is 4. The Kier molecular flexibility index (Phi) is 3.98. The first-order chi connectivity index (χ1) is 10.3. The largest absolute Gasteiger partial charge is 0.338 e. The SMILES string of the molecule is N#Cc1ccc(-c2ncc(C(=O)N3CCCCC3)s2)cc1. The van der Waals surface area contributed by atoms with Crippen LogP contribution in [0.4, 0.5) is 0 Å². The second kappa shape index (κ2) is 6.06. The number of nitriles is 1. The van der Waals surface area contributed by atoms with E-state index in [1.165, 1.54) is 17.8 Å². The van der Waals surface area contributed by atoms with E-state index in [4.69, 9.17) is 5.26 Å². The minimum atomic E-state index is 0.0899. The highest BCUT2D eigenvalue weighted by molar-refractivity contribution is 7.16. The number of benzene rings is 1. The highest BCUT2D eigenvalue weighted by Crippen LogP contribution is 2.26. The number of piperidine rings is 1. The van der Waals surface area contributed by atoms with Gasteiger partial charge in [-0.2, -0.15) is 5.26 Å². The van der Waals surface area contributed by atoms with Gasteiger partial charge in [0.05, 0.1) is 17.8 Å². The molecule has 3 rings (SSSR count). The average Bonchev–Trinajstić information content (AvgIpc) is 3.05. The third-order valence-corrected chi connectivity index (χ3v) is 4.66. The highest BCUT2D eigenvalue weighted by atomic mass is 32.1.